The van der Waals surface area contributed by atoms with Crippen LogP contribution in [0.15, 0.2) is 30.3 Å². The zero-order valence-electron chi connectivity index (χ0n) is 15.3. The van der Waals surface area contributed by atoms with Gasteiger partial charge in [0.15, 0.2) is 0 Å². The van der Waals surface area contributed by atoms with Crippen LogP contribution in [0.3, 0.4) is 0 Å². The molecule has 0 aliphatic heterocycles. The Morgan fingerprint density at radius 3 is 2.52 bits per heavy atom. The fourth-order valence-electron chi connectivity index (χ4n) is 2.77. The third-order valence-corrected chi connectivity index (χ3v) is 5.68. The lowest BCUT2D eigenvalue weighted by Gasteiger charge is -2.05. The second-order valence-corrected chi connectivity index (χ2v) is 7.53. The van der Waals surface area contributed by atoms with E-state index >= 15 is 0 Å². The molecule has 0 saturated heterocycles. The first-order valence-corrected chi connectivity index (χ1v) is 9.67. The van der Waals surface area contributed by atoms with Crippen molar-refractivity contribution < 1.29 is 19.1 Å². The molecule has 2 amide bonds. The largest absolute Gasteiger partial charge is 0.465 e. The van der Waals surface area contributed by atoms with E-state index in [0.717, 1.165) is 29.7 Å². The van der Waals surface area contributed by atoms with Gasteiger partial charge < -0.3 is 15.4 Å². The molecule has 0 unspecified atom stereocenters. The van der Waals surface area contributed by atoms with Gasteiger partial charge in [0.1, 0.15) is 5.00 Å². The number of rotatable bonds is 7. The molecule has 1 fully saturated rings. The van der Waals surface area contributed by atoms with E-state index in [4.69, 9.17) is 4.74 Å². The Bertz CT molecular complexity index is 856. The highest BCUT2D eigenvalue weighted by Gasteiger charge is 2.32. The first-order valence-electron chi connectivity index (χ1n) is 8.86. The number of benzene rings is 1. The second kappa shape index (κ2) is 8.35. The SMILES string of the molecule is COC(=O)c1c(NC(=O)C2CC2)sc(C(=O)NCCc2ccccc2)c1C. The van der Waals surface area contributed by atoms with Gasteiger partial charge >= 0.3 is 5.97 Å². The minimum absolute atomic E-state index is 0.000974. The Hall–Kier alpha value is -2.67. The molecule has 6 nitrogen and oxygen atoms in total. The number of carbonyl (C=O) groups is 3. The van der Waals surface area contributed by atoms with Crippen LogP contribution in [-0.4, -0.2) is 31.4 Å². The fourth-order valence-corrected chi connectivity index (χ4v) is 3.89. The van der Waals surface area contributed by atoms with Crippen LogP contribution in [0.4, 0.5) is 5.00 Å². The molecule has 1 aliphatic carbocycles. The number of esters is 1. The number of methoxy groups -OCH3 is 1. The molecule has 3 rings (SSSR count). The van der Waals surface area contributed by atoms with Crippen LogP contribution in [0.1, 0.15) is 44.0 Å². The summed E-state index contributed by atoms with van der Waals surface area (Å²) >= 11 is 1.11. The van der Waals surface area contributed by atoms with Crippen molar-refractivity contribution in [3.05, 3.63) is 51.9 Å². The summed E-state index contributed by atoms with van der Waals surface area (Å²) in [5.41, 5.74) is 1.91. The van der Waals surface area contributed by atoms with Gasteiger partial charge in [-0.3, -0.25) is 9.59 Å². The van der Waals surface area contributed by atoms with Crippen LogP contribution in [0.2, 0.25) is 0 Å². The van der Waals surface area contributed by atoms with Gasteiger partial charge in [0.05, 0.1) is 17.6 Å². The van der Waals surface area contributed by atoms with Crippen molar-refractivity contribution in [1.82, 2.24) is 5.32 Å². The fraction of sp³-hybridized carbons (Fsp3) is 0.350. The molecule has 0 bridgehead atoms. The van der Waals surface area contributed by atoms with E-state index in [1.54, 1.807) is 6.92 Å². The molecule has 2 N–H and O–H groups in total. The number of ether oxygens (including phenoxy) is 1. The zero-order chi connectivity index (χ0) is 19.4. The normalized spacial score (nSPS) is 13.1. The Kier molecular flexibility index (Phi) is 5.91. The second-order valence-electron chi connectivity index (χ2n) is 6.51. The quantitative estimate of drug-likeness (QED) is 0.716. The maximum atomic E-state index is 12.6. The topological polar surface area (TPSA) is 84.5 Å². The van der Waals surface area contributed by atoms with E-state index in [9.17, 15) is 14.4 Å². The summed E-state index contributed by atoms with van der Waals surface area (Å²) in [5, 5.41) is 6.04. The van der Waals surface area contributed by atoms with Crippen molar-refractivity contribution in [2.75, 3.05) is 19.0 Å². The van der Waals surface area contributed by atoms with E-state index in [0.29, 0.717) is 28.4 Å². The minimum atomic E-state index is -0.557. The number of amides is 2. The van der Waals surface area contributed by atoms with Gasteiger partial charge in [-0.15, -0.1) is 11.3 Å². The van der Waals surface area contributed by atoms with Crippen LogP contribution in [0, 0.1) is 12.8 Å². The molecule has 0 radical (unpaired) electrons. The lowest BCUT2D eigenvalue weighted by molar-refractivity contribution is -0.117. The van der Waals surface area contributed by atoms with Gasteiger partial charge in [0.25, 0.3) is 5.91 Å². The van der Waals surface area contributed by atoms with Gasteiger partial charge in [-0.05, 0) is 37.3 Å². The number of hydrogen-bond acceptors (Lipinski definition) is 5. The van der Waals surface area contributed by atoms with Crippen LogP contribution in [0.25, 0.3) is 0 Å². The van der Waals surface area contributed by atoms with Gasteiger partial charge in [-0.2, -0.15) is 0 Å². The van der Waals surface area contributed by atoms with Crippen LogP contribution >= 0.6 is 11.3 Å². The number of nitrogens with one attached hydrogen (secondary N) is 2. The molecule has 1 aliphatic rings. The molecule has 0 atom stereocenters. The lowest BCUT2D eigenvalue weighted by Crippen LogP contribution is -2.25. The van der Waals surface area contributed by atoms with Crippen molar-refractivity contribution in [2.45, 2.75) is 26.2 Å². The summed E-state index contributed by atoms with van der Waals surface area (Å²) in [5.74, 6) is -0.929. The monoisotopic (exact) mass is 386 g/mol. The summed E-state index contributed by atoms with van der Waals surface area (Å²) in [6.45, 7) is 2.18. The molecule has 142 valence electrons. The third-order valence-electron chi connectivity index (χ3n) is 4.47. The summed E-state index contributed by atoms with van der Waals surface area (Å²) in [7, 11) is 1.28. The molecule has 7 heteroatoms. The van der Waals surface area contributed by atoms with Crippen molar-refractivity contribution in [2.24, 2.45) is 5.92 Å². The molecule has 1 saturated carbocycles. The van der Waals surface area contributed by atoms with Gasteiger partial charge in [-0.1, -0.05) is 30.3 Å². The number of hydrogen-bond donors (Lipinski definition) is 2. The first kappa shape index (κ1) is 19.1. The molecule has 27 heavy (non-hydrogen) atoms. The summed E-state index contributed by atoms with van der Waals surface area (Å²) in [4.78, 5) is 37.3. The van der Waals surface area contributed by atoms with Crippen molar-refractivity contribution in [3.8, 4) is 0 Å². The summed E-state index contributed by atoms with van der Waals surface area (Å²) in [6.07, 6.45) is 2.43. The molecular formula is C20H22N2O4S. The van der Waals surface area contributed by atoms with Crippen LogP contribution < -0.4 is 10.6 Å². The maximum Gasteiger partial charge on any atom is 0.341 e. The van der Waals surface area contributed by atoms with Crippen LogP contribution in [-0.2, 0) is 16.0 Å². The standard InChI is InChI=1S/C20H22N2O4S/c1-12-15(20(25)26-2)19(22-17(23)14-8-9-14)27-16(12)18(24)21-11-10-13-6-4-3-5-7-13/h3-7,14H,8-11H2,1-2H3,(H,21,24)(H,22,23). The van der Waals surface area contributed by atoms with E-state index in [2.05, 4.69) is 10.6 Å². The van der Waals surface area contributed by atoms with Crippen molar-refractivity contribution in [1.29, 1.82) is 0 Å². The van der Waals surface area contributed by atoms with E-state index in [1.165, 1.54) is 7.11 Å². The first-order chi connectivity index (χ1) is 13.0. The average Bonchev–Trinajstić information content (AvgIpc) is 3.47. The Labute approximate surface area is 161 Å². The number of thiophene rings is 1. The van der Waals surface area contributed by atoms with Gasteiger partial charge in [0, 0.05) is 12.5 Å². The highest BCUT2D eigenvalue weighted by atomic mass is 32.1. The van der Waals surface area contributed by atoms with Gasteiger partial charge in [0.2, 0.25) is 5.91 Å². The summed E-state index contributed by atoms with van der Waals surface area (Å²) in [6, 6.07) is 9.87. The number of anilines is 1. The number of carbonyl (C=O) groups excluding carboxylic acids is 3. The minimum Gasteiger partial charge on any atom is -0.465 e. The Morgan fingerprint density at radius 1 is 1.19 bits per heavy atom. The molecule has 1 aromatic heterocycles. The highest BCUT2D eigenvalue weighted by Crippen LogP contribution is 2.36. The van der Waals surface area contributed by atoms with Crippen LogP contribution in [0.5, 0.6) is 0 Å². The van der Waals surface area contributed by atoms with E-state index in [1.807, 2.05) is 30.3 Å². The summed E-state index contributed by atoms with van der Waals surface area (Å²) < 4.78 is 4.83. The molecule has 0 spiro atoms. The smallest absolute Gasteiger partial charge is 0.341 e. The third kappa shape index (κ3) is 4.54. The molecule has 2 aromatic rings. The Morgan fingerprint density at radius 2 is 1.89 bits per heavy atom. The lowest BCUT2D eigenvalue weighted by atomic mass is 10.1. The highest BCUT2D eigenvalue weighted by molar-refractivity contribution is 7.18. The zero-order valence-corrected chi connectivity index (χ0v) is 16.2. The van der Waals surface area contributed by atoms with E-state index < -0.39 is 5.97 Å². The predicted octanol–water partition coefficient (Wildman–Crippen LogP) is 3.16. The van der Waals surface area contributed by atoms with E-state index in [-0.39, 0.29) is 23.3 Å². The predicted molar refractivity (Wildman–Crippen MR) is 104 cm³/mol. The average molecular weight is 386 g/mol. The van der Waals surface area contributed by atoms with Crippen molar-refractivity contribution >= 4 is 34.1 Å². The Balaban J connectivity index is 1.73. The maximum absolute atomic E-state index is 12.6. The van der Waals surface area contributed by atoms with Gasteiger partial charge in [-0.25, -0.2) is 4.79 Å². The van der Waals surface area contributed by atoms with Crippen molar-refractivity contribution in [3.63, 3.8) is 0 Å². The molecular weight excluding hydrogens is 364 g/mol. The molecule has 1 heterocycles. The molecule has 1 aromatic carbocycles.